The van der Waals surface area contributed by atoms with Crippen molar-refractivity contribution in [2.45, 2.75) is 6.42 Å². The van der Waals surface area contributed by atoms with E-state index in [0.29, 0.717) is 13.2 Å². The molecule has 3 nitrogen and oxygen atoms in total. The second kappa shape index (κ2) is 3.94. The molecule has 4 heteroatoms. The lowest BCUT2D eigenvalue weighted by atomic mass is 10.2. The molecule has 0 unspecified atom stereocenters. The zero-order chi connectivity index (χ0) is 11.0. The van der Waals surface area contributed by atoms with Gasteiger partial charge in [0.1, 0.15) is 4.60 Å². The van der Waals surface area contributed by atoms with Gasteiger partial charge >= 0.3 is 0 Å². The Morgan fingerprint density at radius 2 is 1.81 bits per heavy atom. The number of hydrogen-bond donors (Lipinski definition) is 0. The van der Waals surface area contributed by atoms with Gasteiger partial charge in [0.2, 0.25) is 0 Å². The molecule has 0 saturated heterocycles. The van der Waals surface area contributed by atoms with Crippen LogP contribution in [-0.4, -0.2) is 18.2 Å². The molecule has 0 saturated carbocycles. The van der Waals surface area contributed by atoms with E-state index in [1.54, 1.807) is 0 Å². The third-order valence-corrected chi connectivity index (χ3v) is 2.97. The number of ether oxygens (including phenoxy) is 2. The standard InChI is InChI=1S/C12H10BrNO2/c13-12-3-2-8-6-10-11(7-9(8)14-12)16-5-1-4-15-10/h2-3,6-7H,1,4-5H2. The molecule has 1 aromatic carbocycles. The van der Waals surface area contributed by atoms with Crippen LogP contribution >= 0.6 is 15.9 Å². The van der Waals surface area contributed by atoms with E-state index in [2.05, 4.69) is 20.9 Å². The second-order valence-corrected chi connectivity index (χ2v) is 4.49. The highest BCUT2D eigenvalue weighted by molar-refractivity contribution is 9.10. The van der Waals surface area contributed by atoms with E-state index < -0.39 is 0 Å². The quantitative estimate of drug-likeness (QED) is 0.695. The van der Waals surface area contributed by atoms with Gasteiger partial charge in [-0.25, -0.2) is 4.98 Å². The Kier molecular flexibility index (Phi) is 2.44. The van der Waals surface area contributed by atoms with Crippen molar-refractivity contribution in [3.63, 3.8) is 0 Å². The number of pyridine rings is 1. The number of benzene rings is 1. The van der Waals surface area contributed by atoms with Crippen LogP contribution in [0, 0.1) is 0 Å². The van der Waals surface area contributed by atoms with E-state index in [1.807, 2.05) is 24.3 Å². The highest BCUT2D eigenvalue weighted by Crippen LogP contribution is 2.33. The summed E-state index contributed by atoms with van der Waals surface area (Å²) in [5.41, 5.74) is 0.915. The average Bonchev–Trinajstić information content (AvgIpc) is 2.50. The predicted octanol–water partition coefficient (Wildman–Crippen LogP) is 3.16. The van der Waals surface area contributed by atoms with Gasteiger partial charge < -0.3 is 9.47 Å². The van der Waals surface area contributed by atoms with Gasteiger partial charge in [-0.3, -0.25) is 0 Å². The SMILES string of the molecule is Brc1ccc2cc3c(cc2n1)OCCCO3. The molecule has 0 bridgehead atoms. The summed E-state index contributed by atoms with van der Waals surface area (Å²) in [6, 6.07) is 7.85. The number of rotatable bonds is 0. The van der Waals surface area contributed by atoms with Gasteiger partial charge in [0, 0.05) is 17.9 Å². The third kappa shape index (κ3) is 1.73. The largest absolute Gasteiger partial charge is 0.490 e. The van der Waals surface area contributed by atoms with Gasteiger partial charge in [-0.1, -0.05) is 0 Å². The van der Waals surface area contributed by atoms with Gasteiger partial charge in [0.15, 0.2) is 11.5 Å². The fraction of sp³-hybridized carbons (Fsp3) is 0.250. The van der Waals surface area contributed by atoms with Crippen LogP contribution in [-0.2, 0) is 0 Å². The van der Waals surface area contributed by atoms with E-state index in [-0.39, 0.29) is 0 Å². The molecule has 0 amide bonds. The predicted molar refractivity (Wildman–Crippen MR) is 65.1 cm³/mol. The first-order valence-electron chi connectivity index (χ1n) is 5.19. The van der Waals surface area contributed by atoms with Crippen molar-refractivity contribution in [1.29, 1.82) is 0 Å². The van der Waals surface area contributed by atoms with Crippen LogP contribution in [0.5, 0.6) is 11.5 Å². The van der Waals surface area contributed by atoms with Gasteiger partial charge in [-0.05, 0) is 34.1 Å². The van der Waals surface area contributed by atoms with Crippen LogP contribution in [0.3, 0.4) is 0 Å². The van der Waals surface area contributed by atoms with Gasteiger partial charge in [-0.2, -0.15) is 0 Å². The minimum Gasteiger partial charge on any atom is -0.490 e. The molecule has 2 aromatic rings. The monoisotopic (exact) mass is 279 g/mol. The fourth-order valence-electron chi connectivity index (χ4n) is 1.75. The lowest BCUT2D eigenvalue weighted by Crippen LogP contribution is -1.97. The number of nitrogens with zero attached hydrogens (tertiary/aromatic N) is 1. The summed E-state index contributed by atoms with van der Waals surface area (Å²) in [5.74, 6) is 1.60. The van der Waals surface area contributed by atoms with Crippen molar-refractivity contribution in [1.82, 2.24) is 4.98 Å². The first kappa shape index (κ1) is 9.90. The van der Waals surface area contributed by atoms with Gasteiger partial charge in [0.05, 0.1) is 18.7 Å². The van der Waals surface area contributed by atoms with E-state index >= 15 is 0 Å². The molecule has 0 radical (unpaired) electrons. The smallest absolute Gasteiger partial charge is 0.163 e. The molecule has 16 heavy (non-hydrogen) atoms. The average molecular weight is 280 g/mol. The third-order valence-electron chi connectivity index (χ3n) is 2.52. The van der Waals surface area contributed by atoms with E-state index in [0.717, 1.165) is 33.4 Å². The van der Waals surface area contributed by atoms with Crippen LogP contribution in [0.2, 0.25) is 0 Å². The van der Waals surface area contributed by atoms with Crippen LogP contribution in [0.4, 0.5) is 0 Å². The maximum atomic E-state index is 5.62. The molecular weight excluding hydrogens is 270 g/mol. The van der Waals surface area contributed by atoms with Crippen molar-refractivity contribution < 1.29 is 9.47 Å². The lowest BCUT2D eigenvalue weighted by molar-refractivity contribution is 0.297. The Morgan fingerprint density at radius 3 is 2.62 bits per heavy atom. The molecule has 0 N–H and O–H groups in total. The molecule has 3 rings (SSSR count). The zero-order valence-corrected chi connectivity index (χ0v) is 10.2. The molecular formula is C12H10BrNO2. The lowest BCUT2D eigenvalue weighted by Gasteiger charge is -2.08. The Hall–Kier alpha value is -1.29. The normalized spacial score (nSPS) is 14.8. The van der Waals surface area contributed by atoms with Gasteiger partial charge in [0.25, 0.3) is 0 Å². The summed E-state index contributed by atoms with van der Waals surface area (Å²) in [4.78, 5) is 4.40. The summed E-state index contributed by atoms with van der Waals surface area (Å²) < 4.78 is 12.1. The fourth-order valence-corrected chi connectivity index (χ4v) is 2.08. The van der Waals surface area contributed by atoms with Crippen LogP contribution in [0.25, 0.3) is 10.9 Å². The molecule has 1 aliphatic rings. The summed E-state index contributed by atoms with van der Waals surface area (Å²) in [6.07, 6.45) is 0.919. The second-order valence-electron chi connectivity index (χ2n) is 3.68. The Bertz CT molecular complexity index is 542. The summed E-state index contributed by atoms with van der Waals surface area (Å²) in [5, 5.41) is 1.06. The molecule has 2 heterocycles. The Morgan fingerprint density at radius 1 is 1.06 bits per heavy atom. The maximum Gasteiger partial charge on any atom is 0.163 e. The first-order chi connectivity index (χ1) is 7.83. The molecule has 0 fully saturated rings. The minimum absolute atomic E-state index is 0.701. The minimum atomic E-state index is 0.701. The van der Waals surface area contributed by atoms with E-state index in [1.165, 1.54) is 0 Å². The highest BCUT2D eigenvalue weighted by Gasteiger charge is 2.11. The van der Waals surface area contributed by atoms with Crippen molar-refractivity contribution in [3.8, 4) is 11.5 Å². The summed E-state index contributed by atoms with van der Waals surface area (Å²) in [6.45, 7) is 1.41. The number of fused-ring (bicyclic) bond motifs is 2. The first-order valence-corrected chi connectivity index (χ1v) is 5.98. The van der Waals surface area contributed by atoms with Crippen LogP contribution < -0.4 is 9.47 Å². The molecule has 1 aliphatic heterocycles. The Labute approximate surface area is 102 Å². The van der Waals surface area contributed by atoms with E-state index in [9.17, 15) is 0 Å². The number of halogens is 1. The summed E-state index contributed by atoms with van der Waals surface area (Å²) >= 11 is 3.36. The van der Waals surface area contributed by atoms with Crippen LogP contribution in [0.1, 0.15) is 6.42 Å². The van der Waals surface area contributed by atoms with Gasteiger partial charge in [-0.15, -0.1) is 0 Å². The topological polar surface area (TPSA) is 31.4 Å². The van der Waals surface area contributed by atoms with Crippen molar-refractivity contribution in [2.75, 3.05) is 13.2 Å². The van der Waals surface area contributed by atoms with Crippen molar-refractivity contribution >= 4 is 26.8 Å². The number of hydrogen-bond acceptors (Lipinski definition) is 3. The van der Waals surface area contributed by atoms with Crippen molar-refractivity contribution in [3.05, 3.63) is 28.9 Å². The summed E-state index contributed by atoms with van der Waals surface area (Å²) in [7, 11) is 0. The Balaban J connectivity index is 2.20. The maximum absolute atomic E-state index is 5.62. The molecule has 0 spiro atoms. The molecule has 0 atom stereocenters. The van der Waals surface area contributed by atoms with Crippen molar-refractivity contribution in [2.24, 2.45) is 0 Å². The molecule has 1 aromatic heterocycles. The molecule has 0 aliphatic carbocycles. The number of aromatic nitrogens is 1. The zero-order valence-electron chi connectivity index (χ0n) is 8.57. The highest BCUT2D eigenvalue weighted by atomic mass is 79.9. The van der Waals surface area contributed by atoms with Crippen LogP contribution in [0.15, 0.2) is 28.9 Å². The van der Waals surface area contributed by atoms with E-state index in [4.69, 9.17) is 9.47 Å². The molecule has 82 valence electrons.